The molecule has 0 fully saturated rings. The number of esters is 1. The van der Waals surface area contributed by atoms with Crippen LogP contribution >= 0.6 is 0 Å². The second-order valence-corrected chi connectivity index (χ2v) is 16.1. The summed E-state index contributed by atoms with van der Waals surface area (Å²) in [6.45, 7) is 0.334. The van der Waals surface area contributed by atoms with E-state index in [0.29, 0.717) is 23.8 Å². The summed E-state index contributed by atoms with van der Waals surface area (Å²) in [4.78, 5) is 12.8. The molecule has 0 heterocycles. The van der Waals surface area contributed by atoms with Crippen molar-refractivity contribution in [3.63, 3.8) is 0 Å². The third kappa shape index (κ3) is 11.6. The molecule has 0 aliphatic heterocycles. The van der Waals surface area contributed by atoms with E-state index in [0.717, 1.165) is 0 Å². The van der Waals surface area contributed by atoms with Gasteiger partial charge in [-0.3, -0.25) is 0 Å². The summed E-state index contributed by atoms with van der Waals surface area (Å²) < 4.78 is 478. The van der Waals surface area contributed by atoms with Crippen molar-refractivity contribution in [2.24, 2.45) is 0 Å². The van der Waals surface area contributed by atoms with Crippen LogP contribution in [0.1, 0.15) is 60.0 Å². The lowest BCUT2D eigenvalue weighted by Gasteiger charge is -2.42. The standard InChI is InChI=1S/C40H28F34O4/c1-2-19-7-9-20(10-8-19)18-78-24(75)21-11-12-22(76-15-5-3-13-25(41,42)27(45,46)29(49,50)31(53,54)33(57,58)35(61,62)37(65,66)39(69,70)71)23(17-21)77-16-6-4-14-26(43,44)28(47,48)30(51,52)32(55,56)34(59,60)36(63,64)38(67,68)40(72,73)74/h2,7-12,17H,1,3-6,13-16,18H2. The number of ether oxygens (including phenoxy) is 3. The second-order valence-electron chi connectivity index (χ2n) is 16.1. The van der Waals surface area contributed by atoms with Crippen LogP contribution in [0.5, 0.6) is 11.5 Å². The van der Waals surface area contributed by atoms with Crippen molar-refractivity contribution in [1.82, 2.24) is 0 Å². The van der Waals surface area contributed by atoms with Gasteiger partial charge in [0.1, 0.15) is 6.61 Å². The fourth-order valence-electron chi connectivity index (χ4n) is 5.82. The number of alkyl halides is 34. The van der Waals surface area contributed by atoms with E-state index in [4.69, 9.17) is 14.2 Å². The average molecular weight is 1220 g/mol. The van der Waals surface area contributed by atoms with E-state index >= 15 is 0 Å². The van der Waals surface area contributed by atoms with Crippen LogP contribution in [0.4, 0.5) is 149 Å². The molecule has 0 saturated carbocycles. The Morgan fingerprint density at radius 1 is 0.385 bits per heavy atom. The van der Waals surface area contributed by atoms with E-state index in [1.165, 1.54) is 30.3 Å². The third-order valence-corrected chi connectivity index (χ3v) is 10.6. The summed E-state index contributed by atoms with van der Waals surface area (Å²) in [5.41, 5.74) is 0.169. The van der Waals surface area contributed by atoms with Crippen LogP contribution in [0, 0.1) is 0 Å². The van der Waals surface area contributed by atoms with E-state index in [2.05, 4.69) is 6.58 Å². The molecule has 38 heteroatoms. The lowest BCUT2D eigenvalue weighted by molar-refractivity contribution is -0.461. The molecule has 0 aliphatic rings. The minimum Gasteiger partial charge on any atom is -0.490 e. The minimum atomic E-state index is -8.90. The summed E-state index contributed by atoms with van der Waals surface area (Å²) in [5, 5.41) is 0. The molecule has 0 unspecified atom stereocenters. The van der Waals surface area contributed by atoms with Crippen LogP contribution in [0.25, 0.3) is 6.08 Å². The highest BCUT2D eigenvalue weighted by Crippen LogP contribution is 2.66. The van der Waals surface area contributed by atoms with Crippen LogP contribution in [0.2, 0.25) is 0 Å². The first-order valence-electron chi connectivity index (χ1n) is 20.2. The Balaban J connectivity index is 2.36. The second kappa shape index (κ2) is 21.7. The predicted molar refractivity (Wildman–Crippen MR) is 192 cm³/mol. The molecule has 0 saturated heterocycles. The van der Waals surface area contributed by atoms with Crippen LogP contribution in [-0.2, 0) is 11.3 Å². The number of benzene rings is 2. The molecule has 0 aliphatic carbocycles. The number of halogens is 34. The maximum absolute atomic E-state index is 14.4. The van der Waals surface area contributed by atoms with Crippen molar-refractivity contribution in [3.05, 3.63) is 65.7 Å². The van der Waals surface area contributed by atoms with E-state index in [-0.39, 0.29) is 5.56 Å². The molecule has 2 aromatic rings. The summed E-state index contributed by atoms with van der Waals surface area (Å²) in [6.07, 6.45) is -26.6. The number of hydrogen-bond acceptors (Lipinski definition) is 4. The van der Waals surface area contributed by atoms with Gasteiger partial charge in [-0.15, -0.1) is 0 Å². The Kier molecular flexibility index (Phi) is 19.2. The van der Waals surface area contributed by atoms with Gasteiger partial charge in [0.25, 0.3) is 0 Å². The Labute approximate surface area is 411 Å². The van der Waals surface area contributed by atoms with Crippen molar-refractivity contribution in [2.75, 3.05) is 13.2 Å². The lowest BCUT2D eigenvalue weighted by Crippen LogP contribution is -2.74. The van der Waals surface area contributed by atoms with Gasteiger partial charge in [0, 0.05) is 12.8 Å². The van der Waals surface area contributed by atoms with Crippen LogP contribution in [0.15, 0.2) is 49.0 Å². The van der Waals surface area contributed by atoms with Crippen LogP contribution < -0.4 is 9.47 Å². The summed E-state index contributed by atoms with van der Waals surface area (Å²) in [5.74, 6) is -120. The molecule has 4 nitrogen and oxygen atoms in total. The lowest BCUT2D eigenvalue weighted by atomic mass is 9.88. The van der Waals surface area contributed by atoms with E-state index < -0.39 is 177 Å². The molecular formula is C40H28F34O4. The molecule has 0 amide bonds. The summed E-state index contributed by atoms with van der Waals surface area (Å²) >= 11 is 0. The summed E-state index contributed by atoms with van der Waals surface area (Å²) in [7, 11) is 0. The zero-order chi connectivity index (χ0) is 61.6. The number of rotatable bonds is 28. The van der Waals surface area contributed by atoms with Crippen molar-refractivity contribution in [2.45, 2.75) is 140 Å². The first-order chi connectivity index (χ1) is 34.5. The Morgan fingerprint density at radius 2 is 0.692 bits per heavy atom. The molecule has 0 atom stereocenters. The van der Waals surface area contributed by atoms with Gasteiger partial charge >= 0.3 is 101 Å². The molecule has 450 valence electrons. The number of unbranched alkanes of at least 4 members (excludes halogenated alkanes) is 2. The maximum atomic E-state index is 14.4. The number of hydrogen-bond donors (Lipinski definition) is 0. The van der Waals surface area contributed by atoms with Gasteiger partial charge in [-0.2, -0.15) is 149 Å². The molecule has 78 heavy (non-hydrogen) atoms. The number of carbonyl (C=O) groups excluding carboxylic acids is 1. The van der Waals surface area contributed by atoms with Gasteiger partial charge in [-0.1, -0.05) is 36.9 Å². The first-order valence-corrected chi connectivity index (χ1v) is 20.2. The first kappa shape index (κ1) is 69.0. The smallest absolute Gasteiger partial charge is 0.460 e. The summed E-state index contributed by atoms with van der Waals surface area (Å²) in [6, 6.07) is 7.51. The number of carbonyl (C=O) groups is 1. The molecule has 0 aromatic heterocycles. The largest absolute Gasteiger partial charge is 0.490 e. The Morgan fingerprint density at radius 3 is 1.01 bits per heavy atom. The highest BCUT2D eigenvalue weighted by Gasteiger charge is 2.97. The highest BCUT2D eigenvalue weighted by molar-refractivity contribution is 5.90. The molecule has 0 spiro atoms. The predicted octanol–water partition coefficient (Wildman–Crippen LogP) is 16.8. The van der Waals surface area contributed by atoms with Crippen LogP contribution in [0.3, 0.4) is 0 Å². The zero-order valence-electron chi connectivity index (χ0n) is 37.2. The normalized spacial score (nSPS) is 15.1. The van der Waals surface area contributed by atoms with Gasteiger partial charge in [0.15, 0.2) is 11.5 Å². The molecular weight excluding hydrogens is 1190 g/mol. The molecule has 2 rings (SSSR count). The fourth-order valence-corrected chi connectivity index (χ4v) is 5.82. The fraction of sp³-hybridized carbons (Fsp3) is 0.625. The Bertz CT molecular complexity index is 2370. The third-order valence-electron chi connectivity index (χ3n) is 10.6. The van der Waals surface area contributed by atoms with Gasteiger partial charge in [-0.25, -0.2) is 4.79 Å². The van der Waals surface area contributed by atoms with Crippen molar-refractivity contribution >= 4 is 12.0 Å². The van der Waals surface area contributed by atoms with Crippen molar-refractivity contribution < 1.29 is 168 Å². The van der Waals surface area contributed by atoms with Crippen LogP contribution in [-0.4, -0.2) is 114 Å². The molecule has 0 N–H and O–H groups in total. The van der Waals surface area contributed by atoms with E-state index in [9.17, 15) is 154 Å². The van der Waals surface area contributed by atoms with Gasteiger partial charge < -0.3 is 14.2 Å². The quantitative estimate of drug-likeness (QED) is 0.0484. The average Bonchev–Trinajstić information content (AvgIpc) is 3.29. The highest BCUT2D eigenvalue weighted by atomic mass is 19.4. The zero-order valence-corrected chi connectivity index (χ0v) is 37.2. The van der Waals surface area contributed by atoms with E-state index in [1.807, 2.05) is 0 Å². The van der Waals surface area contributed by atoms with Crippen molar-refractivity contribution in [3.8, 4) is 11.5 Å². The van der Waals surface area contributed by atoms with Gasteiger partial charge in [-0.05, 0) is 55.0 Å². The molecule has 0 radical (unpaired) electrons. The monoisotopic (exact) mass is 1220 g/mol. The van der Waals surface area contributed by atoms with Crippen molar-refractivity contribution in [1.29, 1.82) is 0 Å². The van der Waals surface area contributed by atoms with Gasteiger partial charge in [0.2, 0.25) is 0 Å². The van der Waals surface area contributed by atoms with E-state index in [1.54, 1.807) is 0 Å². The van der Waals surface area contributed by atoms with Gasteiger partial charge in [0.05, 0.1) is 18.8 Å². The topological polar surface area (TPSA) is 44.8 Å². The Hall–Kier alpha value is -5.13. The minimum absolute atomic E-state index is 0.273. The molecule has 2 aromatic carbocycles. The molecule has 0 bridgehead atoms. The maximum Gasteiger partial charge on any atom is 0.460 e. The SMILES string of the molecule is C=Cc1ccc(COC(=O)c2ccc(OCCCCC(F)(F)C(F)(F)C(F)(F)C(F)(F)C(F)(F)C(F)(F)C(F)(F)C(F)(F)F)c(OCCCCC(F)(F)C(F)(F)C(F)(F)C(F)(F)C(F)(F)C(F)(F)C(F)(F)C(F)(F)F)c2)cc1.